The summed E-state index contributed by atoms with van der Waals surface area (Å²) in [7, 11) is 0. The third kappa shape index (κ3) is 2.82. The maximum Gasteiger partial charge on any atom is 0.323 e. The van der Waals surface area contributed by atoms with Crippen LogP contribution in [0.1, 0.15) is 35.4 Å². The second kappa shape index (κ2) is 5.27. The number of aliphatic carboxylic acids is 1. The molecule has 0 unspecified atom stereocenters. The number of hydrogen-bond acceptors (Lipinski definition) is 4. The van der Waals surface area contributed by atoms with Gasteiger partial charge in [-0.3, -0.25) is 14.6 Å². The number of carbonyl (C=O) groups excluding carboxylic acids is 1. The molecule has 1 aliphatic carbocycles. The van der Waals surface area contributed by atoms with Gasteiger partial charge in [0.25, 0.3) is 5.91 Å². The van der Waals surface area contributed by atoms with E-state index in [-0.39, 0.29) is 18.5 Å². The van der Waals surface area contributed by atoms with Crippen molar-refractivity contribution in [1.29, 1.82) is 0 Å². The van der Waals surface area contributed by atoms with Crippen LogP contribution in [0.2, 0.25) is 0 Å². The average Bonchev–Trinajstić information content (AvgIpc) is 2.96. The number of thiazole rings is 1. The topological polar surface area (TPSA) is 70.5 Å². The summed E-state index contributed by atoms with van der Waals surface area (Å²) in [6.45, 7) is -0.221. The molecule has 0 atom stereocenters. The second-order valence-electron chi connectivity index (χ2n) is 4.13. The number of amides is 1. The van der Waals surface area contributed by atoms with Crippen LogP contribution in [0.25, 0.3) is 0 Å². The summed E-state index contributed by atoms with van der Waals surface area (Å²) in [6.07, 6.45) is 5.43. The fraction of sp³-hybridized carbons (Fsp3) is 0.545. The predicted molar refractivity (Wildman–Crippen MR) is 63.0 cm³/mol. The number of carboxylic acid groups (broad SMARTS) is 1. The highest BCUT2D eigenvalue weighted by molar-refractivity contribution is 7.11. The number of hydrogen-bond donors (Lipinski definition) is 1. The zero-order chi connectivity index (χ0) is 12.3. The van der Waals surface area contributed by atoms with Gasteiger partial charge in [0.15, 0.2) is 0 Å². The molecular formula is C11H14N2O3S. The predicted octanol–water partition coefficient (Wildman–Crippen LogP) is 1.61. The van der Waals surface area contributed by atoms with Gasteiger partial charge >= 0.3 is 5.97 Å². The number of carboxylic acids is 1. The molecule has 5 nitrogen and oxygen atoms in total. The summed E-state index contributed by atoms with van der Waals surface area (Å²) < 4.78 is 0. The van der Waals surface area contributed by atoms with Crippen LogP contribution in [0.3, 0.4) is 0 Å². The molecular weight excluding hydrogens is 240 g/mol. The second-order valence-corrected chi connectivity index (χ2v) is 5.02. The number of nitrogens with zero attached hydrogens (tertiary/aromatic N) is 2. The molecule has 1 aromatic rings. The monoisotopic (exact) mass is 254 g/mol. The Balaban J connectivity index is 2.14. The average molecular weight is 254 g/mol. The van der Waals surface area contributed by atoms with Crippen molar-refractivity contribution in [2.45, 2.75) is 31.7 Å². The van der Waals surface area contributed by atoms with Crippen molar-refractivity contribution in [1.82, 2.24) is 9.88 Å². The van der Waals surface area contributed by atoms with Crippen molar-refractivity contribution in [3.8, 4) is 0 Å². The normalized spacial score (nSPS) is 16.0. The van der Waals surface area contributed by atoms with Crippen molar-refractivity contribution in [3.05, 3.63) is 16.6 Å². The Morgan fingerprint density at radius 2 is 2.18 bits per heavy atom. The van der Waals surface area contributed by atoms with Crippen LogP contribution < -0.4 is 0 Å². The first-order valence-corrected chi connectivity index (χ1v) is 6.47. The summed E-state index contributed by atoms with van der Waals surface area (Å²) in [5.41, 5.74) is 1.58. The molecule has 0 aromatic carbocycles. The number of aromatic nitrogens is 1. The summed E-state index contributed by atoms with van der Waals surface area (Å²) in [4.78, 5) is 28.8. The van der Waals surface area contributed by atoms with Crippen molar-refractivity contribution >= 4 is 23.2 Å². The van der Waals surface area contributed by atoms with Crippen LogP contribution in [-0.4, -0.2) is 39.5 Å². The van der Waals surface area contributed by atoms with Crippen LogP contribution in [0.15, 0.2) is 11.7 Å². The van der Waals surface area contributed by atoms with Crippen LogP contribution in [0.5, 0.6) is 0 Å². The van der Waals surface area contributed by atoms with Gasteiger partial charge in [0, 0.05) is 6.04 Å². The third-order valence-corrected chi connectivity index (χ3v) is 3.74. The number of carbonyl (C=O) groups is 2. The van der Waals surface area contributed by atoms with E-state index < -0.39 is 5.97 Å². The summed E-state index contributed by atoms with van der Waals surface area (Å²) in [5, 5.41) is 8.88. The minimum atomic E-state index is -0.963. The first-order valence-electron chi connectivity index (χ1n) is 5.59. The lowest BCUT2D eigenvalue weighted by molar-refractivity contribution is -0.138. The molecule has 92 valence electrons. The van der Waals surface area contributed by atoms with Gasteiger partial charge in [-0.05, 0) is 12.8 Å². The number of rotatable bonds is 4. The van der Waals surface area contributed by atoms with Gasteiger partial charge in [0.05, 0.1) is 11.7 Å². The Bertz CT molecular complexity index is 399. The third-order valence-electron chi connectivity index (χ3n) is 2.98. The lowest BCUT2D eigenvalue weighted by atomic mass is 10.2. The minimum absolute atomic E-state index is 0.0701. The smallest absolute Gasteiger partial charge is 0.323 e. The van der Waals surface area contributed by atoms with E-state index in [4.69, 9.17) is 5.11 Å². The van der Waals surface area contributed by atoms with E-state index in [1.165, 1.54) is 22.4 Å². The Morgan fingerprint density at radius 3 is 2.71 bits per heavy atom. The van der Waals surface area contributed by atoms with Gasteiger partial charge in [0.2, 0.25) is 0 Å². The van der Waals surface area contributed by atoms with Crippen LogP contribution in [0.4, 0.5) is 0 Å². The van der Waals surface area contributed by atoms with E-state index >= 15 is 0 Å². The quantitative estimate of drug-likeness (QED) is 0.886. The van der Waals surface area contributed by atoms with Gasteiger partial charge in [-0.2, -0.15) is 0 Å². The molecule has 17 heavy (non-hydrogen) atoms. The molecule has 0 spiro atoms. The molecule has 6 heteroatoms. The Kier molecular flexibility index (Phi) is 3.73. The highest BCUT2D eigenvalue weighted by atomic mass is 32.1. The molecule has 0 saturated heterocycles. The molecule has 1 N–H and O–H groups in total. The van der Waals surface area contributed by atoms with Gasteiger partial charge in [-0.25, -0.2) is 0 Å². The first-order chi connectivity index (χ1) is 8.18. The Morgan fingerprint density at radius 1 is 1.47 bits per heavy atom. The summed E-state index contributed by atoms with van der Waals surface area (Å²) in [5.74, 6) is -1.17. The van der Waals surface area contributed by atoms with Gasteiger partial charge in [-0.1, -0.05) is 12.8 Å². The highest BCUT2D eigenvalue weighted by Crippen LogP contribution is 2.25. The molecule has 1 fully saturated rings. The van der Waals surface area contributed by atoms with E-state index in [1.54, 1.807) is 5.51 Å². The molecule has 0 radical (unpaired) electrons. The van der Waals surface area contributed by atoms with Crippen LogP contribution in [-0.2, 0) is 4.79 Å². The lowest BCUT2D eigenvalue weighted by Gasteiger charge is -2.26. The zero-order valence-electron chi connectivity index (χ0n) is 9.33. The maximum absolute atomic E-state index is 12.2. The molecule has 2 rings (SSSR count). The fourth-order valence-corrected chi connectivity index (χ4v) is 2.77. The molecule has 1 amide bonds. The minimum Gasteiger partial charge on any atom is -0.480 e. The summed E-state index contributed by atoms with van der Waals surface area (Å²) >= 11 is 1.25. The van der Waals surface area contributed by atoms with Gasteiger partial charge in [0.1, 0.15) is 11.4 Å². The largest absolute Gasteiger partial charge is 0.480 e. The molecule has 0 bridgehead atoms. The Hall–Kier alpha value is -1.43. The Labute approximate surface area is 103 Å². The zero-order valence-corrected chi connectivity index (χ0v) is 10.2. The first kappa shape index (κ1) is 12.0. The van der Waals surface area contributed by atoms with Gasteiger partial charge in [-0.15, -0.1) is 11.3 Å². The molecule has 0 aliphatic heterocycles. The van der Waals surface area contributed by atoms with E-state index in [1.807, 2.05) is 0 Å². The van der Waals surface area contributed by atoms with Crippen LogP contribution >= 0.6 is 11.3 Å². The van der Waals surface area contributed by atoms with E-state index in [9.17, 15) is 9.59 Å². The van der Waals surface area contributed by atoms with E-state index in [0.717, 1.165) is 25.7 Å². The standard InChI is InChI=1S/C11H14N2O3S/c14-10(15)6-13(8-3-1-2-4-8)11(16)9-5-12-7-17-9/h5,7-8H,1-4,6H2,(H,14,15). The SMILES string of the molecule is O=C(O)CN(C(=O)c1cncs1)C1CCCC1. The van der Waals surface area contributed by atoms with Crippen molar-refractivity contribution in [3.63, 3.8) is 0 Å². The summed E-state index contributed by atoms with van der Waals surface area (Å²) in [6, 6.07) is 0.0701. The van der Waals surface area contributed by atoms with E-state index in [2.05, 4.69) is 4.98 Å². The van der Waals surface area contributed by atoms with Crippen molar-refractivity contribution in [2.24, 2.45) is 0 Å². The van der Waals surface area contributed by atoms with Gasteiger partial charge < -0.3 is 10.0 Å². The van der Waals surface area contributed by atoms with E-state index in [0.29, 0.717) is 4.88 Å². The molecule has 1 aromatic heterocycles. The molecule has 1 aliphatic rings. The molecule has 1 heterocycles. The fourth-order valence-electron chi connectivity index (χ4n) is 2.19. The lowest BCUT2D eigenvalue weighted by Crippen LogP contribution is -2.41. The van der Waals surface area contributed by atoms with Crippen molar-refractivity contribution < 1.29 is 14.7 Å². The van der Waals surface area contributed by atoms with Crippen LogP contribution in [0, 0.1) is 0 Å². The maximum atomic E-state index is 12.2. The highest BCUT2D eigenvalue weighted by Gasteiger charge is 2.29. The van der Waals surface area contributed by atoms with Crippen molar-refractivity contribution in [2.75, 3.05) is 6.54 Å². The molecule has 1 saturated carbocycles.